The SMILES string of the molecule is Cc1c(C)c(N)c(C)c(C)c1N.NC(=O)c1cc(N)cc(N)c1.Nc1cc(N)cc(C(=O)NC(CO)(CO)CO)c1.Nc1cc(N)cc(C(=O)NC(CO)CO)c1.Nc1cc(N)cc(C(=O)O)c1.Nc1cc(N)cc(O)c1. The number of amides is 3. The highest BCUT2D eigenvalue weighted by Crippen LogP contribution is 2.30. The first kappa shape index (κ1) is 65.4. The lowest BCUT2D eigenvalue weighted by molar-refractivity contribution is 0.0375. The molecule has 35 N–H and O–H groups in total. The number of benzene rings is 6. The lowest BCUT2D eigenvalue weighted by atomic mass is 9.97. The fourth-order valence-electron chi connectivity index (χ4n) is 6.26. The van der Waals surface area contributed by atoms with Gasteiger partial charge in [-0.1, -0.05) is 0 Å². The van der Waals surface area contributed by atoms with Crippen molar-refractivity contribution in [2.75, 3.05) is 102 Å². The highest BCUT2D eigenvalue weighted by atomic mass is 16.4. The molecule has 0 radical (unpaired) electrons. The zero-order valence-corrected chi connectivity index (χ0v) is 43.0. The summed E-state index contributed by atoms with van der Waals surface area (Å²) in [5.74, 6) is -2.47. The summed E-state index contributed by atoms with van der Waals surface area (Å²) in [6.45, 7) is 5.58. The van der Waals surface area contributed by atoms with Crippen LogP contribution in [0.1, 0.15) is 63.7 Å². The second-order valence-electron chi connectivity index (χ2n) is 17.2. The number of primary amides is 1. The Morgan fingerprint density at radius 3 is 0.935 bits per heavy atom. The van der Waals surface area contributed by atoms with Crippen LogP contribution in [0.25, 0.3) is 0 Å². The third-order valence-corrected chi connectivity index (χ3v) is 10.7. The Morgan fingerprint density at radius 1 is 0.429 bits per heavy atom. The number of aliphatic hydroxyl groups is 5. The molecule has 0 aliphatic heterocycles. The van der Waals surface area contributed by atoms with Gasteiger partial charge in [-0.15, -0.1) is 0 Å². The number of carbonyl (C=O) groups excluding carboxylic acids is 3. The molecule has 0 atom stereocenters. The zero-order chi connectivity index (χ0) is 59.1. The maximum Gasteiger partial charge on any atom is 0.335 e. The summed E-state index contributed by atoms with van der Waals surface area (Å²) in [4.78, 5) is 44.5. The van der Waals surface area contributed by atoms with Crippen molar-refractivity contribution in [3.8, 4) is 5.75 Å². The molecule has 0 fully saturated rings. The number of nitrogens with one attached hydrogen (secondary N) is 2. The van der Waals surface area contributed by atoms with Gasteiger partial charge in [0.15, 0.2) is 0 Å². The first-order valence-electron chi connectivity index (χ1n) is 22.7. The topological polar surface area (TPSA) is 572 Å². The van der Waals surface area contributed by atoms with Crippen LogP contribution in [0.5, 0.6) is 5.75 Å². The minimum Gasteiger partial charge on any atom is -0.508 e. The quantitative estimate of drug-likeness (QED) is 0.0779. The van der Waals surface area contributed by atoms with Crippen LogP contribution in [0.4, 0.5) is 68.2 Å². The molecule has 6 rings (SSSR count). The molecular formula is C51H73N15O11. The fraction of sp³-hybridized carbons (Fsp3) is 0.216. The second-order valence-corrected chi connectivity index (χ2v) is 17.2. The van der Waals surface area contributed by atoms with E-state index < -0.39 is 55.1 Å². The number of phenols is 1. The van der Waals surface area contributed by atoms with Crippen molar-refractivity contribution in [2.45, 2.75) is 39.3 Å². The van der Waals surface area contributed by atoms with Crippen LogP contribution in [0, 0.1) is 27.7 Å². The van der Waals surface area contributed by atoms with Gasteiger partial charge in [-0.25, -0.2) is 4.79 Å². The minimum absolute atomic E-state index is 0.104. The number of rotatable bonds is 11. The standard InChI is InChI=1S/C11H17N3O4.C10H15N3O3.C10H16N2.C7H9N3O.C7H8N2O2.C6H8N2O/c12-8-1-7(2-9(13)3-8)10(18)14-11(4-15,5-16)6-17;11-7-1-6(2-8(12)3-7)10(16)13-9(4-14)5-15;1-5-6(2)10(12)8(4)7(3)9(5)11;2*8-5-1-4(7(10)11)2-6(9)3-5;7-4-1-5(8)3-6(9)2-4/h1-3,15-17H,4-6,12-13H2,(H,14,18);1-3,9,14-15H,4-5,11-12H2,(H,13,16);11-12H2,1-4H3;1-3H,8-9H2,(H2,10,11);1-3H,8-9H2,(H,10,11);1-3,9H,7-8H2. The maximum atomic E-state index is 11.9. The van der Waals surface area contributed by atoms with Gasteiger partial charge in [0.25, 0.3) is 11.8 Å². The molecular weight excluding hydrogens is 999 g/mol. The number of aliphatic hydroxyl groups excluding tert-OH is 5. The predicted octanol–water partition coefficient (Wildman–Crippen LogP) is 0.371. The third kappa shape index (κ3) is 21.8. The van der Waals surface area contributed by atoms with E-state index in [9.17, 15) is 19.2 Å². The van der Waals surface area contributed by atoms with Crippen LogP contribution in [-0.2, 0) is 0 Å². The van der Waals surface area contributed by atoms with E-state index >= 15 is 0 Å². The number of anilines is 12. The molecule has 0 spiro atoms. The van der Waals surface area contributed by atoms with Gasteiger partial charge in [-0.3, -0.25) is 14.4 Å². The monoisotopic (exact) mass is 1070 g/mol. The number of carboxylic acid groups (broad SMARTS) is 1. The summed E-state index contributed by atoms with van der Waals surface area (Å²) in [5, 5.41) is 67.0. The number of aromatic hydroxyl groups is 1. The van der Waals surface area contributed by atoms with Crippen molar-refractivity contribution in [1.29, 1.82) is 0 Å². The molecule has 26 nitrogen and oxygen atoms in total. The Hall–Kier alpha value is -9.60. The van der Waals surface area contributed by atoms with Crippen molar-refractivity contribution in [3.63, 3.8) is 0 Å². The van der Waals surface area contributed by atoms with E-state index in [2.05, 4.69) is 10.6 Å². The minimum atomic E-state index is -1.48. The molecule has 0 aliphatic carbocycles. The molecule has 0 aromatic heterocycles. The highest BCUT2D eigenvalue weighted by molar-refractivity contribution is 5.97. The van der Waals surface area contributed by atoms with Crippen molar-refractivity contribution < 1.29 is 54.9 Å². The lowest BCUT2D eigenvalue weighted by Crippen LogP contribution is -2.57. The second kappa shape index (κ2) is 30.6. The van der Waals surface area contributed by atoms with Crippen LogP contribution in [-0.4, -0.2) is 104 Å². The Kier molecular flexibility index (Phi) is 26.0. The number of carboxylic acids is 1. The van der Waals surface area contributed by atoms with E-state index in [1.165, 1.54) is 78.9 Å². The van der Waals surface area contributed by atoms with E-state index in [1.54, 1.807) is 12.1 Å². The number of carbonyl (C=O) groups is 4. The molecule has 6 aromatic rings. The van der Waals surface area contributed by atoms with E-state index in [-0.39, 0.29) is 30.1 Å². The van der Waals surface area contributed by atoms with Gasteiger partial charge in [-0.05, 0) is 129 Å². The Bertz CT molecular complexity index is 2660. The fourth-order valence-corrected chi connectivity index (χ4v) is 6.26. The predicted molar refractivity (Wildman–Crippen MR) is 305 cm³/mol. The van der Waals surface area contributed by atoms with Crippen molar-refractivity contribution in [1.82, 2.24) is 10.6 Å². The molecule has 0 unspecified atom stereocenters. The maximum absolute atomic E-state index is 11.9. The van der Waals surface area contributed by atoms with E-state index in [0.29, 0.717) is 68.0 Å². The van der Waals surface area contributed by atoms with Gasteiger partial charge in [-0.2, -0.15) is 0 Å². The largest absolute Gasteiger partial charge is 0.508 e. The van der Waals surface area contributed by atoms with Gasteiger partial charge in [0.05, 0.1) is 44.6 Å². The van der Waals surface area contributed by atoms with Gasteiger partial charge < -0.3 is 121 Å². The summed E-state index contributed by atoms with van der Waals surface area (Å²) in [6.07, 6.45) is 0. The number of aromatic carboxylic acids is 1. The summed E-state index contributed by atoms with van der Waals surface area (Å²) in [5.41, 5.74) is 80.7. The molecule has 0 saturated carbocycles. The van der Waals surface area contributed by atoms with Crippen molar-refractivity contribution in [3.05, 3.63) is 136 Å². The average molecular weight is 1070 g/mol. The molecule has 0 bridgehead atoms. The van der Waals surface area contributed by atoms with Gasteiger partial charge in [0.1, 0.15) is 11.3 Å². The lowest BCUT2D eigenvalue weighted by Gasteiger charge is -2.28. The highest BCUT2D eigenvalue weighted by Gasteiger charge is 2.30. The van der Waals surface area contributed by atoms with Gasteiger partial charge >= 0.3 is 5.97 Å². The Labute approximate surface area is 444 Å². The van der Waals surface area contributed by atoms with Gasteiger partial charge in [0, 0.05) is 97.1 Å². The Morgan fingerprint density at radius 2 is 0.688 bits per heavy atom. The van der Waals surface area contributed by atoms with Crippen LogP contribution in [0.2, 0.25) is 0 Å². The molecule has 0 aliphatic rings. The zero-order valence-electron chi connectivity index (χ0n) is 43.0. The average Bonchev–Trinajstić information content (AvgIpc) is 3.34. The van der Waals surface area contributed by atoms with Gasteiger partial charge in [0.2, 0.25) is 5.91 Å². The summed E-state index contributed by atoms with van der Waals surface area (Å²) >= 11 is 0. The molecule has 26 heteroatoms. The van der Waals surface area contributed by atoms with E-state index in [0.717, 1.165) is 33.6 Å². The van der Waals surface area contributed by atoms with Crippen molar-refractivity contribution in [2.24, 2.45) is 5.73 Å². The Balaban J connectivity index is 0.000000469. The summed E-state index contributed by atoms with van der Waals surface area (Å²) in [7, 11) is 0. The number of nitrogens with two attached hydrogens (primary N) is 13. The molecule has 3 amide bonds. The van der Waals surface area contributed by atoms with E-state index in [1.807, 2.05) is 27.7 Å². The van der Waals surface area contributed by atoms with Crippen molar-refractivity contribution >= 4 is 91.9 Å². The smallest absolute Gasteiger partial charge is 0.335 e. The summed E-state index contributed by atoms with van der Waals surface area (Å²) < 4.78 is 0. The first-order valence-corrected chi connectivity index (χ1v) is 22.7. The number of hydrogen-bond acceptors (Lipinski definition) is 22. The number of nitrogen functional groups attached to an aromatic ring is 12. The molecule has 77 heavy (non-hydrogen) atoms. The normalized spacial score (nSPS) is 10.2. The molecule has 0 saturated heterocycles. The van der Waals surface area contributed by atoms with Crippen LogP contribution in [0.15, 0.2) is 91.0 Å². The van der Waals surface area contributed by atoms with Crippen LogP contribution in [0.3, 0.4) is 0 Å². The number of hydrogen-bond donors (Lipinski definition) is 22. The van der Waals surface area contributed by atoms with Crippen LogP contribution >= 0.6 is 0 Å². The first-order chi connectivity index (χ1) is 35.9. The van der Waals surface area contributed by atoms with Crippen LogP contribution < -0.4 is 85.2 Å². The molecule has 418 valence electrons. The molecule has 0 heterocycles. The third-order valence-electron chi connectivity index (χ3n) is 10.7. The number of phenolic OH excluding ortho intramolecular Hbond substituents is 1. The molecule has 6 aromatic carbocycles. The summed E-state index contributed by atoms with van der Waals surface area (Å²) in [6, 6.07) is 21.3. The van der Waals surface area contributed by atoms with E-state index in [4.69, 9.17) is 110 Å².